The molecule has 1 heterocycles. The van der Waals surface area contributed by atoms with Crippen LogP contribution in [0, 0.1) is 15.9 Å². The fourth-order valence-electron chi connectivity index (χ4n) is 2.71. The number of benzene rings is 1. The molecule has 1 atom stereocenters. The number of rotatable bonds is 3. The van der Waals surface area contributed by atoms with Gasteiger partial charge in [-0.3, -0.25) is 15.1 Å². The van der Waals surface area contributed by atoms with Gasteiger partial charge in [0.2, 0.25) is 0 Å². The van der Waals surface area contributed by atoms with E-state index in [1.807, 2.05) is 12.1 Å². The van der Waals surface area contributed by atoms with Gasteiger partial charge in [-0.05, 0) is 37.0 Å². The van der Waals surface area contributed by atoms with Crippen molar-refractivity contribution in [3.63, 3.8) is 0 Å². The van der Waals surface area contributed by atoms with Crippen LogP contribution in [0.25, 0.3) is 0 Å². The Bertz CT molecular complexity index is 690. The van der Waals surface area contributed by atoms with E-state index in [0.717, 1.165) is 31.0 Å². The zero-order chi connectivity index (χ0) is 14.8. The van der Waals surface area contributed by atoms with Crippen LogP contribution >= 0.6 is 0 Å². The van der Waals surface area contributed by atoms with Gasteiger partial charge in [-0.1, -0.05) is 6.07 Å². The van der Waals surface area contributed by atoms with E-state index in [4.69, 9.17) is 0 Å². The molecule has 2 aromatic rings. The number of hydrogen-bond acceptors (Lipinski definition) is 4. The van der Waals surface area contributed by atoms with Gasteiger partial charge in [0.15, 0.2) is 0 Å². The van der Waals surface area contributed by atoms with E-state index in [-0.39, 0.29) is 11.7 Å². The normalized spacial score (nSPS) is 17.1. The van der Waals surface area contributed by atoms with Gasteiger partial charge in [-0.25, -0.2) is 4.39 Å². The topological polar surface area (TPSA) is 68.1 Å². The molecule has 1 aromatic carbocycles. The van der Waals surface area contributed by atoms with E-state index in [9.17, 15) is 14.5 Å². The van der Waals surface area contributed by atoms with Crippen molar-refractivity contribution in [3.05, 3.63) is 63.7 Å². The molecule has 21 heavy (non-hydrogen) atoms. The number of nitro benzene ring substituents is 1. The summed E-state index contributed by atoms with van der Waals surface area (Å²) >= 11 is 0. The van der Waals surface area contributed by atoms with Crippen LogP contribution in [0.1, 0.15) is 30.1 Å². The summed E-state index contributed by atoms with van der Waals surface area (Å²) in [6.45, 7) is 0. The predicted octanol–water partition coefficient (Wildman–Crippen LogP) is 3.62. The van der Waals surface area contributed by atoms with Crippen molar-refractivity contribution in [2.24, 2.45) is 0 Å². The van der Waals surface area contributed by atoms with Crippen LogP contribution in [-0.4, -0.2) is 9.91 Å². The third-order valence-corrected chi connectivity index (χ3v) is 3.63. The summed E-state index contributed by atoms with van der Waals surface area (Å²) in [6.07, 6.45) is 4.58. The molecule has 5 nitrogen and oxygen atoms in total. The first-order valence-corrected chi connectivity index (χ1v) is 6.79. The Morgan fingerprint density at radius 3 is 3.05 bits per heavy atom. The van der Waals surface area contributed by atoms with E-state index >= 15 is 0 Å². The third-order valence-electron chi connectivity index (χ3n) is 3.63. The van der Waals surface area contributed by atoms with E-state index in [1.54, 1.807) is 6.20 Å². The van der Waals surface area contributed by atoms with Crippen molar-refractivity contribution in [2.75, 3.05) is 5.32 Å². The summed E-state index contributed by atoms with van der Waals surface area (Å²) in [5.41, 5.74) is 2.27. The number of nitrogens with one attached hydrogen (secondary N) is 1. The lowest BCUT2D eigenvalue weighted by Gasteiger charge is -2.25. The lowest BCUT2D eigenvalue weighted by molar-refractivity contribution is -0.385. The molecule has 1 unspecified atom stereocenters. The molecule has 0 saturated heterocycles. The van der Waals surface area contributed by atoms with Crippen molar-refractivity contribution in [1.82, 2.24) is 4.98 Å². The van der Waals surface area contributed by atoms with Gasteiger partial charge in [0.05, 0.1) is 22.7 Å². The minimum Gasteiger partial charge on any atom is -0.376 e. The summed E-state index contributed by atoms with van der Waals surface area (Å²) in [7, 11) is 0. The van der Waals surface area contributed by atoms with Gasteiger partial charge >= 0.3 is 0 Å². The van der Waals surface area contributed by atoms with Crippen LogP contribution in [0.2, 0.25) is 0 Å². The number of aryl methyl sites for hydroxylation is 1. The van der Waals surface area contributed by atoms with Crippen molar-refractivity contribution in [3.8, 4) is 0 Å². The zero-order valence-electron chi connectivity index (χ0n) is 11.3. The van der Waals surface area contributed by atoms with Gasteiger partial charge in [0, 0.05) is 18.0 Å². The van der Waals surface area contributed by atoms with Crippen molar-refractivity contribution in [1.29, 1.82) is 0 Å². The average molecular weight is 287 g/mol. The lowest BCUT2D eigenvalue weighted by atomic mass is 9.92. The lowest BCUT2D eigenvalue weighted by Crippen LogP contribution is -2.19. The van der Waals surface area contributed by atoms with Gasteiger partial charge < -0.3 is 5.32 Å². The van der Waals surface area contributed by atoms with E-state index in [1.165, 1.54) is 17.7 Å². The molecule has 1 aliphatic carbocycles. The minimum absolute atomic E-state index is 0.0450. The number of non-ortho nitro benzene ring substituents is 1. The Labute approximate surface area is 121 Å². The maximum Gasteiger partial charge on any atom is 0.274 e. The van der Waals surface area contributed by atoms with Crippen LogP contribution in [0.4, 0.5) is 15.8 Å². The number of anilines is 1. The largest absolute Gasteiger partial charge is 0.376 e. The SMILES string of the molecule is O=[N+]([O-])c1cc(F)cc(NC2CCCc3cccnc32)c1. The van der Waals surface area contributed by atoms with Gasteiger partial charge in [-0.2, -0.15) is 0 Å². The average Bonchev–Trinajstić information content (AvgIpc) is 2.47. The fraction of sp³-hybridized carbons (Fsp3) is 0.267. The predicted molar refractivity (Wildman–Crippen MR) is 76.6 cm³/mol. The molecule has 1 N–H and O–H groups in total. The maximum absolute atomic E-state index is 13.5. The smallest absolute Gasteiger partial charge is 0.274 e. The number of nitro groups is 1. The summed E-state index contributed by atoms with van der Waals surface area (Å²) in [5, 5.41) is 14.0. The fourth-order valence-corrected chi connectivity index (χ4v) is 2.71. The standard InChI is InChI=1S/C15H14FN3O2/c16-11-7-12(9-13(8-11)19(20)21)18-14-5-1-3-10-4-2-6-17-15(10)14/h2,4,6-9,14,18H,1,3,5H2. The molecule has 108 valence electrons. The molecule has 1 aliphatic rings. The Morgan fingerprint density at radius 2 is 2.24 bits per heavy atom. The van der Waals surface area contributed by atoms with Crippen molar-refractivity contribution >= 4 is 11.4 Å². The quantitative estimate of drug-likeness (QED) is 0.691. The Balaban J connectivity index is 1.90. The number of hydrogen-bond donors (Lipinski definition) is 1. The second-order valence-electron chi connectivity index (χ2n) is 5.09. The molecule has 6 heteroatoms. The number of aromatic nitrogens is 1. The summed E-state index contributed by atoms with van der Waals surface area (Å²) in [4.78, 5) is 14.6. The first kappa shape index (κ1) is 13.5. The summed E-state index contributed by atoms with van der Waals surface area (Å²) in [6, 6.07) is 7.41. The Kier molecular flexibility index (Phi) is 3.51. The van der Waals surface area contributed by atoms with Gasteiger partial charge in [0.1, 0.15) is 5.82 Å². The molecule has 0 amide bonds. The summed E-state index contributed by atoms with van der Waals surface area (Å²) < 4.78 is 13.5. The van der Waals surface area contributed by atoms with Crippen LogP contribution in [0.3, 0.4) is 0 Å². The minimum atomic E-state index is -0.622. The highest BCUT2D eigenvalue weighted by Crippen LogP contribution is 2.32. The number of nitrogens with zero attached hydrogens (tertiary/aromatic N) is 2. The van der Waals surface area contributed by atoms with Crippen LogP contribution in [0.15, 0.2) is 36.5 Å². The van der Waals surface area contributed by atoms with E-state index in [2.05, 4.69) is 10.3 Å². The van der Waals surface area contributed by atoms with Gasteiger partial charge in [-0.15, -0.1) is 0 Å². The maximum atomic E-state index is 13.5. The molecule has 0 bridgehead atoms. The first-order valence-electron chi connectivity index (χ1n) is 6.79. The molecule has 0 radical (unpaired) electrons. The number of halogens is 1. The molecule has 0 aliphatic heterocycles. The third kappa shape index (κ3) is 2.84. The first-order chi connectivity index (χ1) is 10.1. The zero-order valence-corrected chi connectivity index (χ0v) is 11.3. The highest BCUT2D eigenvalue weighted by atomic mass is 19.1. The molecule has 0 saturated carbocycles. The van der Waals surface area contributed by atoms with Crippen molar-refractivity contribution in [2.45, 2.75) is 25.3 Å². The molecular weight excluding hydrogens is 273 g/mol. The molecule has 0 spiro atoms. The van der Waals surface area contributed by atoms with Crippen LogP contribution < -0.4 is 5.32 Å². The molecule has 1 aromatic heterocycles. The monoisotopic (exact) mass is 287 g/mol. The van der Waals surface area contributed by atoms with E-state index < -0.39 is 10.7 Å². The molecule has 3 rings (SSSR count). The van der Waals surface area contributed by atoms with Gasteiger partial charge in [0.25, 0.3) is 5.69 Å². The van der Waals surface area contributed by atoms with E-state index in [0.29, 0.717) is 5.69 Å². The van der Waals surface area contributed by atoms with Crippen LogP contribution in [-0.2, 0) is 6.42 Å². The highest BCUT2D eigenvalue weighted by molar-refractivity contribution is 5.53. The van der Waals surface area contributed by atoms with Crippen LogP contribution in [0.5, 0.6) is 0 Å². The Hall–Kier alpha value is -2.50. The Morgan fingerprint density at radius 1 is 1.38 bits per heavy atom. The van der Waals surface area contributed by atoms with Crippen molar-refractivity contribution < 1.29 is 9.31 Å². The number of fused-ring (bicyclic) bond motifs is 1. The molecular formula is C15H14FN3O2. The molecule has 0 fully saturated rings. The second-order valence-corrected chi connectivity index (χ2v) is 5.09. The summed E-state index contributed by atoms with van der Waals surface area (Å²) in [5.74, 6) is -0.622. The highest BCUT2D eigenvalue weighted by Gasteiger charge is 2.22. The second kappa shape index (κ2) is 5.47. The number of pyridine rings is 1.